The lowest BCUT2D eigenvalue weighted by Gasteiger charge is -2.05. The fourth-order valence-corrected chi connectivity index (χ4v) is 2.34. The molecule has 0 N–H and O–H groups in total. The average molecular weight is 207 g/mol. The molecular weight excluding hydrogens is 186 g/mol. The van der Waals surface area contributed by atoms with E-state index in [0.29, 0.717) is 0 Å². The molecular formula is C13H21NO. The molecule has 2 heteroatoms. The topological polar surface area (TPSA) is 26.0 Å². The second-order valence-corrected chi connectivity index (χ2v) is 4.55. The number of oxazole rings is 1. The summed E-state index contributed by atoms with van der Waals surface area (Å²) in [6, 6.07) is 0. The van der Waals surface area contributed by atoms with Crippen LogP contribution in [0.15, 0.2) is 10.8 Å². The van der Waals surface area contributed by atoms with E-state index >= 15 is 0 Å². The molecule has 0 amide bonds. The van der Waals surface area contributed by atoms with Gasteiger partial charge in [0.25, 0.3) is 0 Å². The molecule has 0 unspecified atom stereocenters. The van der Waals surface area contributed by atoms with Gasteiger partial charge in [-0.2, -0.15) is 0 Å². The van der Waals surface area contributed by atoms with Gasteiger partial charge in [0.15, 0.2) is 6.39 Å². The molecule has 0 saturated heterocycles. The number of rotatable bonds is 0. The summed E-state index contributed by atoms with van der Waals surface area (Å²) in [5, 5.41) is 0. The van der Waals surface area contributed by atoms with E-state index in [0.717, 1.165) is 18.6 Å². The van der Waals surface area contributed by atoms with Gasteiger partial charge in [0, 0.05) is 6.42 Å². The van der Waals surface area contributed by atoms with E-state index in [-0.39, 0.29) is 0 Å². The van der Waals surface area contributed by atoms with Crippen LogP contribution in [0.2, 0.25) is 0 Å². The fourth-order valence-electron chi connectivity index (χ4n) is 2.34. The van der Waals surface area contributed by atoms with E-state index in [9.17, 15) is 0 Å². The summed E-state index contributed by atoms with van der Waals surface area (Å²) in [6.07, 6.45) is 14.7. The quantitative estimate of drug-likeness (QED) is 0.645. The number of fused-ring (bicyclic) bond motifs is 1. The molecule has 84 valence electrons. The van der Waals surface area contributed by atoms with Crippen LogP contribution in [0.4, 0.5) is 0 Å². The molecule has 2 nitrogen and oxygen atoms in total. The van der Waals surface area contributed by atoms with Gasteiger partial charge < -0.3 is 4.42 Å². The Hall–Kier alpha value is -0.790. The second-order valence-electron chi connectivity index (χ2n) is 4.55. The van der Waals surface area contributed by atoms with Crippen LogP contribution in [-0.4, -0.2) is 4.98 Å². The Labute approximate surface area is 92.1 Å². The van der Waals surface area contributed by atoms with E-state index in [1.165, 1.54) is 57.1 Å². The van der Waals surface area contributed by atoms with Crippen molar-refractivity contribution in [2.24, 2.45) is 0 Å². The Morgan fingerprint density at radius 2 is 1.40 bits per heavy atom. The van der Waals surface area contributed by atoms with Gasteiger partial charge in [-0.05, 0) is 19.3 Å². The minimum absolute atomic E-state index is 1.09. The van der Waals surface area contributed by atoms with Gasteiger partial charge in [-0.1, -0.05) is 38.5 Å². The monoisotopic (exact) mass is 207 g/mol. The van der Waals surface area contributed by atoms with Gasteiger partial charge in [-0.25, -0.2) is 4.98 Å². The van der Waals surface area contributed by atoms with Crippen molar-refractivity contribution < 1.29 is 4.42 Å². The molecule has 0 aromatic carbocycles. The van der Waals surface area contributed by atoms with Crippen LogP contribution in [0.3, 0.4) is 0 Å². The highest BCUT2D eigenvalue weighted by molar-refractivity contribution is 5.07. The lowest BCUT2D eigenvalue weighted by atomic mass is 10.0. The van der Waals surface area contributed by atoms with Crippen molar-refractivity contribution in [3.05, 3.63) is 17.8 Å². The maximum absolute atomic E-state index is 5.45. The Morgan fingerprint density at radius 1 is 0.800 bits per heavy atom. The molecule has 1 aliphatic rings. The summed E-state index contributed by atoms with van der Waals surface area (Å²) < 4.78 is 5.45. The fraction of sp³-hybridized carbons (Fsp3) is 0.769. The summed E-state index contributed by atoms with van der Waals surface area (Å²) in [5.41, 5.74) is 1.22. The minimum atomic E-state index is 1.09. The third-order valence-corrected chi connectivity index (χ3v) is 3.29. The Bertz CT molecular complexity index is 253. The maximum atomic E-state index is 5.45. The molecule has 0 aliphatic heterocycles. The van der Waals surface area contributed by atoms with Gasteiger partial charge in [-0.15, -0.1) is 0 Å². The zero-order chi connectivity index (χ0) is 10.3. The Morgan fingerprint density at radius 3 is 2.13 bits per heavy atom. The summed E-state index contributed by atoms with van der Waals surface area (Å²) in [4.78, 5) is 4.32. The van der Waals surface area contributed by atoms with Crippen LogP contribution in [-0.2, 0) is 12.8 Å². The maximum Gasteiger partial charge on any atom is 0.181 e. The number of hydrogen-bond donors (Lipinski definition) is 0. The SMILES string of the molecule is c1nc2c(o1)CCCCCCCCCC2. The Balaban J connectivity index is 1.92. The van der Waals surface area contributed by atoms with Crippen LogP contribution < -0.4 is 0 Å². The van der Waals surface area contributed by atoms with Crippen molar-refractivity contribution in [1.29, 1.82) is 0 Å². The average Bonchev–Trinajstić information content (AvgIpc) is 2.65. The number of aryl methyl sites for hydroxylation is 2. The number of hydrogen-bond acceptors (Lipinski definition) is 2. The second kappa shape index (κ2) is 5.94. The van der Waals surface area contributed by atoms with Crippen LogP contribution in [0.5, 0.6) is 0 Å². The molecule has 0 bridgehead atoms. The van der Waals surface area contributed by atoms with Crippen LogP contribution in [0.1, 0.15) is 62.8 Å². The smallest absolute Gasteiger partial charge is 0.181 e. The molecule has 1 aromatic heterocycles. The van der Waals surface area contributed by atoms with Crippen LogP contribution in [0.25, 0.3) is 0 Å². The van der Waals surface area contributed by atoms with Crippen molar-refractivity contribution in [1.82, 2.24) is 4.98 Å². The zero-order valence-electron chi connectivity index (χ0n) is 9.50. The first kappa shape index (κ1) is 10.7. The standard InChI is InChI=1S/C13H21NO/c1-2-4-6-8-10-13-12(14-11-15-13)9-7-5-3-1/h11H,1-10H2. The highest BCUT2D eigenvalue weighted by Gasteiger charge is 2.08. The summed E-state index contributed by atoms with van der Waals surface area (Å²) >= 11 is 0. The van der Waals surface area contributed by atoms with Crippen molar-refractivity contribution >= 4 is 0 Å². The van der Waals surface area contributed by atoms with Gasteiger partial charge in [-0.3, -0.25) is 0 Å². The summed E-state index contributed by atoms with van der Waals surface area (Å²) in [5.74, 6) is 1.15. The third kappa shape index (κ3) is 3.37. The van der Waals surface area contributed by atoms with E-state index in [1.807, 2.05) is 0 Å². The molecule has 1 aliphatic carbocycles. The van der Waals surface area contributed by atoms with Gasteiger partial charge in [0.05, 0.1) is 5.69 Å². The van der Waals surface area contributed by atoms with E-state index in [1.54, 1.807) is 6.39 Å². The summed E-state index contributed by atoms with van der Waals surface area (Å²) in [6.45, 7) is 0. The number of aromatic nitrogens is 1. The third-order valence-electron chi connectivity index (χ3n) is 3.29. The normalized spacial score (nSPS) is 20.0. The predicted molar refractivity (Wildman–Crippen MR) is 60.8 cm³/mol. The van der Waals surface area contributed by atoms with Crippen molar-refractivity contribution in [2.45, 2.75) is 64.2 Å². The molecule has 1 heterocycles. The van der Waals surface area contributed by atoms with Crippen molar-refractivity contribution in [3.63, 3.8) is 0 Å². The van der Waals surface area contributed by atoms with Gasteiger partial charge in [0.2, 0.25) is 0 Å². The minimum Gasteiger partial charge on any atom is -0.448 e. The molecule has 2 rings (SSSR count). The molecule has 0 saturated carbocycles. The zero-order valence-corrected chi connectivity index (χ0v) is 9.50. The van der Waals surface area contributed by atoms with Crippen molar-refractivity contribution in [3.8, 4) is 0 Å². The first-order chi connectivity index (χ1) is 7.47. The highest BCUT2D eigenvalue weighted by atomic mass is 16.3. The summed E-state index contributed by atoms with van der Waals surface area (Å²) in [7, 11) is 0. The van der Waals surface area contributed by atoms with E-state index in [4.69, 9.17) is 4.42 Å². The van der Waals surface area contributed by atoms with Crippen LogP contribution >= 0.6 is 0 Å². The van der Waals surface area contributed by atoms with Crippen LogP contribution in [0, 0.1) is 0 Å². The van der Waals surface area contributed by atoms with E-state index in [2.05, 4.69) is 4.98 Å². The van der Waals surface area contributed by atoms with Gasteiger partial charge >= 0.3 is 0 Å². The molecule has 0 radical (unpaired) electrons. The van der Waals surface area contributed by atoms with Gasteiger partial charge in [0.1, 0.15) is 5.76 Å². The lowest BCUT2D eigenvalue weighted by molar-refractivity contribution is 0.478. The lowest BCUT2D eigenvalue weighted by Crippen LogP contribution is -1.95. The molecule has 0 spiro atoms. The number of nitrogens with zero attached hydrogens (tertiary/aromatic N) is 1. The highest BCUT2D eigenvalue weighted by Crippen LogP contribution is 2.17. The first-order valence-corrected chi connectivity index (χ1v) is 6.38. The predicted octanol–water partition coefficient (Wildman–Crippen LogP) is 3.89. The molecule has 0 fully saturated rings. The van der Waals surface area contributed by atoms with E-state index < -0.39 is 0 Å². The Kier molecular flexibility index (Phi) is 4.24. The van der Waals surface area contributed by atoms with Crippen molar-refractivity contribution in [2.75, 3.05) is 0 Å². The largest absolute Gasteiger partial charge is 0.448 e. The molecule has 15 heavy (non-hydrogen) atoms. The molecule has 1 aromatic rings. The molecule has 0 atom stereocenters. The first-order valence-electron chi connectivity index (χ1n) is 6.38.